The minimum absolute atomic E-state index is 0.0525. The Morgan fingerprint density at radius 1 is 1.39 bits per heavy atom. The highest BCUT2D eigenvalue weighted by molar-refractivity contribution is 5.52. The summed E-state index contributed by atoms with van der Waals surface area (Å²) in [6, 6.07) is 6.37. The van der Waals surface area contributed by atoms with Crippen LogP contribution in [0.1, 0.15) is 18.1 Å². The zero-order valence-electron chi connectivity index (χ0n) is 11.0. The summed E-state index contributed by atoms with van der Waals surface area (Å²) in [5.74, 6) is 0. The Hall–Kier alpha value is -1.10. The lowest BCUT2D eigenvalue weighted by atomic mass is 10.1. The van der Waals surface area contributed by atoms with Crippen LogP contribution in [-0.2, 0) is 11.3 Å². The van der Waals surface area contributed by atoms with E-state index in [9.17, 15) is 10.2 Å². The lowest BCUT2D eigenvalue weighted by Crippen LogP contribution is -2.49. The van der Waals surface area contributed by atoms with Gasteiger partial charge in [0.15, 0.2) is 0 Å². The summed E-state index contributed by atoms with van der Waals surface area (Å²) in [5.41, 5.74) is 3.17. The number of rotatable bonds is 3. The van der Waals surface area contributed by atoms with Crippen molar-refractivity contribution in [3.8, 4) is 0 Å². The van der Waals surface area contributed by atoms with E-state index in [1.165, 1.54) is 0 Å². The van der Waals surface area contributed by atoms with Gasteiger partial charge in [0, 0.05) is 18.3 Å². The van der Waals surface area contributed by atoms with Crippen LogP contribution in [0.15, 0.2) is 18.2 Å². The summed E-state index contributed by atoms with van der Waals surface area (Å²) < 4.78 is 5.53. The highest BCUT2D eigenvalue weighted by atomic mass is 16.5. The second-order valence-corrected chi connectivity index (χ2v) is 4.91. The molecule has 0 aromatic heterocycles. The van der Waals surface area contributed by atoms with Crippen LogP contribution in [0.3, 0.4) is 0 Å². The number of morpholine rings is 1. The van der Waals surface area contributed by atoms with Crippen LogP contribution < -0.4 is 4.90 Å². The lowest BCUT2D eigenvalue weighted by Gasteiger charge is -2.39. The van der Waals surface area contributed by atoms with Crippen LogP contribution in [0.25, 0.3) is 0 Å². The molecule has 0 radical (unpaired) electrons. The summed E-state index contributed by atoms with van der Waals surface area (Å²) in [5, 5.41) is 18.4. The lowest BCUT2D eigenvalue weighted by molar-refractivity contribution is -0.0103. The van der Waals surface area contributed by atoms with E-state index in [0.29, 0.717) is 19.2 Å². The van der Waals surface area contributed by atoms with E-state index in [1.807, 2.05) is 19.1 Å². The number of hydrogen-bond acceptors (Lipinski definition) is 4. The molecule has 2 rings (SSSR count). The number of anilines is 1. The smallest absolute Gasteiger partial charge is 0.0981 e. The number of ether oxygens (including phenoxy) is 1. The van der Waals surface area contributed by atoms with Crippen molar-refractivity contribution in [1.29, 1.82) is 0 Å². The van der Waals surface area contributed by atoms with Crippen molar-refractivity contribution in [2.45, 2.75) is 32.6 Å². The molecule has 4 heteroatoms. The predicted molar refractivity (Wildman–Crippen MR) is 70.7 cm³/mol. The number of benzene rings is 1. The average molecular weight is 251 g/mol. The van der Waals surface area contributed by atoms with E-state index in [2.05, 4.69) is 17.9 Å². The molecule has 2 N–H and O–H groups in total. The van der Waals surface area contributed by atoms with Gasteiger partial charge in [-0.05, 0) is 37.1 Å². The Bertz CT molecular complexity index is 408. The number of nitrogens with zero attached hydrogens (tertiary/aromatic N) is 1. The molecule has 1 aromatic carbocycles. The zero-order valence-corrected chi connectivity index (χ0v) is 11.0. The summed E-state index contributed by atoms with van der Waals surface area (Å²) in [4.78, 5) is 2.25. The minimum atomic E-state index is -0.112. The van der Waals surface area contributed by atoms with Gasteiger partial charge >= 0.3 is 0 Å². The first-order valence-electron chi connectivity index (χ1n) is 6.35. The normalized spacial score (nSPS) is 24.3. The monoisotopic (exact) mass is 251 g/mol. The minimum Gasteiger partial charge on any atom is -0.394 e. The van der Waals surface area contributed by atoms with Crippen LogP contribution in [0.5, 0.6) is 0 Å². The Morgan fingerprint density at radius 2 is 2.17 bits per heavy atom. The van der Waals surface area contributed by atoms with Gasteiger partial charge in [0.05, 0.1) is 25.9 Å². The van der Waals surface area contributed by atoms with Gasteiger partial charge in [-0.25, -0.2) is 0 Å². The fraction of sp³-hybridized carbons (Fsp3) is 0.571. The highest BCUT2D eigenvalue weighted by Crippen LogP contribution is 2.24. The largest absolute Gasteiger partial charge is 0.394 e. The van der Waals surface area contributed by atoms with E-state index in [-0.39, 0.29) is 19.3 Å². The molecule has 0 bridgehead atoms. The third kappa shape index (κ3) is 2.66. The maximum Gasteiger partial charge on any atom is 0.0981 e. The summed E-state index contributed by atoms with van der Waals surface area (Å²) in [6.45, 7) is 5.58. The fourth-order valence-corrected chi connectivity index (χ4v) is 2.32. The van der Waals surface area contributed by atoms with Crippen molar-refractivity contribution in [2.24, 2.45) is 0 Å². The molecule has 1 fully saturated rings. The van der Waals surface area contributed by atoms with Crippen molar-refractivity contribution in [2.75, 3.05) is 24.7 Å². The first-order valence-corrected chi connectivity index (χ1v) is 6.35. The molecule has 1 aromatic rings. The van der Waals surface area contributed by atoms with Crippen LogP contribution in [0.2, 0.25) is 0 Å². The van der Waals surface area contributed by atoms with E-state index >= 15 is 0 Å². The van der Waals surface area contributed by atoms with Crippen molar-refractivity contribution >= 4 is 5.69 Å². The molecule has 0 saturated carbocycles. The van der Waals surface area contributed by atoms with Crippen LogP contribution in [0, 0.1) is 6.92 Å². The van der Waals surface area contributed by atoms with Gasteiger partial charge in [-0.3, -0.25) is 0 Å². The van der Waals surface area contributed by atoms with Gasteiger partial charge in [0.1, 0.15) is 0 Å². The number of aryl methyl sites for hydroxylation is 1. The van der Waals surface area contributed by atoms with E-state index in [0.717, 1.165) is 16.8 Å². The van der Waals surface area contributed by atoms with Gasteiger partial charge < -0.3 is 19.8 Å². The molecule has 2 unspecified atom stereocenters. The first kappa shape index (κ1) is 13.3. The number of aliphatic hydroxyl groups excluding tert-OH is 2. The van der Waals surface area contributed by atoms with Crippen LogP contribution in [-0.4, -0.2) is 42.1 Å². The third-order valence-corrected chi connectivity index (χ3v) is 3.54. The third-order valence-electron chi connectivity index (χ3n) is 3.54. The fourth-order valence-electron chi connectivity index (χ4n) is 2.32. The second-order valence-electron chi connectivity index (χ2n) is 4.91. The first-order chi connectivity index (χ1) is 8.65. The summed E-state index contributed by atoms with van der Waals surface area (Å²) >= 11 is 0. The molecule has 18 heavy (non-hydrogen) atoms. The van der Waals surface area contributed by atoms with Crippen molar-refractivity contribution < 1.29 is 14.9 Å². The molecule has 4 nitrogen and oxygen atoms in total. The maximum atomic E-state index is 9.19. The standard InChI is InChI=1S/C14H21NO3/c1-10-5-13(4-3-12(10)7-16)15-6-14(8-17)18-9-11(15)2/h3-5,11,14,16-17H,6-9H2,1-2H3. The van der Waals surface area contributed by atoms with Crippen molar-refractivity contribution in [3.05, 3.63) is 29.3 Å². The number of hydrogen-bond donors (Lipinski definition) is 2. The van der Waals surface area contributed by atoms with E-state index in [1.54, 1.807) is 0 Å². The van der Waals surface area contributed by atoms with Gasteiger partial charge in [0.2, 0.25) is 0 Å². The molecule has 1 aliphatic rings. The predicted octanol–water partition coefficient (Wildman–Crippen LogP) is 1.07. The zero-order chi connectivity index (χ0) is 13.1. The molecule has 100 valence electrons. The molecule has 2 atom stereocenters. The second kappa shape index (κ2) is 5.69. The van der Waals surface area contributed by atoms with E-state index < -0.39 is 0 Å². The Labute approximate surface area is 108 Å². The van der Waals surface area contributed by atoms with E-state index in [4.69, 9.17) is 4.74 Å². The van der Waals surface area contributed by atoms with Crippen LogP contribution in [0.4, 0.5) is 5.69 Å². The molecular formula is C14H21NO3. The Morgan fingerprint density at radius 3 is 2.78 bits per heavy atom. The maximum absolute atomic E-state index is 9.19. The van der Waals surface area contributed by atoms with Crippen molar-refractivity contribution in [1.82, 2.24) is 0 Å². The van der Waals surface area contributed by atoms with Gasteiger partial charge in [0.25, 0.3) is 0 Å². The Balaban J connectivity index is 2.21. The Kier molecular flexibility index (Phi) is 4.22. The van der Waals surface area contributed by atoms with Crippen LogP contribution >= 0.6 is 0 Å². The molecular weight excluding hydrogens is 230 g/mol. The molecule has 0 aliphatic carbocycles. The average Bonchev–Trinajstić information content (AvgIpc) is 2.39. The van der Waals surface area contributed by atoms with Gasteiger partial charge in [-0.15, -0.1) is 0 Å². The van der Waals surface area contributed by atoms with Crippen molar-refractivity contribution in [3.63, 3.8) is 0 Å². The van der Waals surface area contributed by atoms with Gasteiger partial charge in [-0.2, -0.15) is 0 Å². The van der Waals surface area contributed by atoms with Gasteiger partial charge in [-0.1, -0.05) is 6.07 Å². The molecule has 1 heterocycles. The highest BCUT2D eigenvalue weighted by Gasteiger charge is 2.25. The number of aliphatic hydroxyl groups is 2. The topological polar surface area (TPSA) is 52.9 Å². The quantitative estimate of drug-likeness (QED) is 0.844. The molecule has 1 aliphatic heterocycles. The molecule has 1 saturated heterocycles. The summed E-state index contributed by atoms with van der Waals surface area (Å²) in [7, 11) is 0. The molecule has 0 spiro atoms. The SMILES string of the molecule is Cc1cc(N2CC(CO)OCC2C)ccc1CO. The molecule has 0 amide bonds. The summed E-state index contributed by atoms with van der Waals surface area (Å²) in [6.07, 6.45) is -0.112.